The van der Waals surface area contributed by atoms with Crippen LogP contribution in [0, 0.1) is 12.7 Å². The molecule has 0 saturated carbocycles. The number of hydrogen-bond donors (Lipinski definition) is 1. The van der Waals surface area contributed by atoms with Crippen molar-refractivity contribution >= 4 is 0 Å². The van der Waals surface area contributed by atoms with Crippen LogP contribution in [0.15, 0.2) is 18.2 Å². The summed E-state index contributed by atoms with van der Waals surface area (Å²) in [6, 6.07) is 5.39. The fourth-order valence-corrected chi connectivity index (χ4v) is 1.80. The van der Waals surface area contributed by atoms with E-state index < -0.39 is 0 Å². The van der Waals surface area contributed by atoms with E-state index in [1.165, 1.54) is 6.07 Å². The SMILES string of the molecule is CCN(C)CC(C)NCc1ccc(F)cc1C. The fourth-order valence-electron chi connectivity index (χ4n) is 1.80. The topological polar surface area (TPSA) is 15.3 Å². The van der Waals surface area contributed by atoms with Crippen LogP contribution in [0.2, 0.25) is 0 Å². The quantitative estimate of drug-likeness (QED) is 0.819. The van der Waals surface area contributed by atoms with Crippen LogP contribution < -0.4 is 5.32 Å². The lowest BCUT2D eigenvalue weighted by atomic mass is 10.1. The van der Waals surface area contributed by atoms with E-state index in [0.717, 1.165) is 30.8 Å². The Bertz CT molecular complexity index is 352. The van der Waals surface area contributed by atoms with Crippen molar-refractivity contribution in [1.29, 1.82) is 0 Å². The first-order chi connectivity index (χ1) is 8.02. The Morgan fingerprint density at radius 1 is 1.41 bits per heavy atom. The average Bonchev–Trinajstić information content (AvgIpc) is 2.27. The molecule has 1 atom stereocenters. The molecule has 0 bridgehead atoms. The summed E-state index contributed by atoms with van der Waals surface area (Å²) < 4.78 is 12.9. The molecule has 0 spiro atoms. The van der Waals surface area contributed by atoms with Crippen molar-refractivity contribution in [3.05, 3.63) is 35.1 Å². The maximum Gasteiger partial charge on any atom is 0.123 e. The molecule has 3 heteroatoms. The highest BCUT2D eigenvalue weighted by Gasteiger charge is 2.05. The van der Waals surface area contributed by atoms with E-state index in [4.69, 9.17) is 0 Å². The van der Waals surface area contributed by atoms with Crippen molar-refractivity contribution in [1.82, 2.24) is 10.2 Å². The van der Waals surface area contributed by atoms with E-state index in [2.05, 4.69) is 31.1 Å². The second-order valence-electron chi connectivity index (χ2n) is 4.71. The molecule has 96 valence electrons. The summed E-state index contributed by atoms with van der Waals surface area (Å²) in [5.74, 6) is -0.162. The Morgan fingerprint density at radius 2 is 2.12 bits per heavy atom. The van der Waals surface area contributed by atoms with Crippen molar-refractivity contribution in [3.63, 3.8) is 0 Å². The van der Waals surface area contributed by atoms with Gasteiger partial charge in [-0.3, -0.25) is 0 Å². The van der Waals surface area contributed by atoms with Crippen LogP contribution in [0.4, 0.5) is 4.39 Å². The lowest BCUT2D eigenvalue weighted by Crippen LogP contribution is -2.37. The molecule has 0 heterocycles. The van der Waals surface area contributed by atoms with E-state index in [-0.39, 0.29) is 5.82 Å². The first-order valence-corrected chi connectivity index (χ1v) is 6.20. The molecule has 0 aliphatic carbocycles. The van der Waals surface area contributed by atoms with Crippen molar-refractivity contribution in [3.8, 4) is 0 Å². The van der Waals surface area contributed by atoms with Gasteiger partial charge in [-0.05, 0) is 50.7 Å². The van der Waals surface area contributed by atoms with Crippen LogP contribution in [-0.4, -0.2) is 31.1 Å². The number of halogens is 1. The molecule has 0 aliphatic heterocycles. The molecule has 2 nitrogen and oxygen atoms in total. The van der Waals surface area contributed by atoms with Crippen molar-refractivity contribution in [2.24, 2.45) is 0 Å². The number of rotatable bonds is 6. The fraction of sp³-hybridized carbons (Fsp3) is 0.571. The average molecular weight is 238 g/mol. The zero-order valence-electron chi connectivity index (χ0n) is 11.3. The van der Waals surface area contributed by atoms with Gasteiger partial charge in [-0.1, -0.05) is 13.0 Å². The van der Waals surface area contributed by atoms with E-state index in [1.807, 2.05) is 13.0 Å². The summed E-state index contributed by atoms with van der Waals surface area (Å²) in [5.41, 5.74) is 2.17. The summed E-state index contributed by atoms with van der Waals surface area (Å²) in [4.78, 5) is 2.27. The highest BCUT2D eigenvalue weighted by molar-refractivity contribution is 5.26. The number of nitrogens with one attached hydrogen (secondary N) is 1. The molecule has 1 unspecified atom stereocenters. The van der Waals surface area contributed by atoms with Gasteiger partial charge in [0.05, 0.1) is 0 Å². The third-order valence-corrected chi connectivity index (χ3v) is 3.07. The molecule has 0 amide bonds. The molecule has 0 aromatic heterocycles. The standard InChI is InChI=1S/C14H23FN2/c1-5-17(4)10-12(3)16-9-13-6-7-14(15)8-11(13)2/h6-8,12,16H,5,9-10H2,1-4H3. The van der Waals surface area contributed by atoms with Crippen molar-refractivity contribution < 1.29 is 4.39 Å². The zero-order valence-corrected chi connectivity index (χ0v) is 11.3. The van der Waals surface area contributed by atoms with Gasteiger partial charge in [0.15, 0.2) is 0 Å². The number of aryl methyl sites for hydroxylation is 1. The molecule has 0 saturated heterocycles. The first-order valence-electron chi connectivity index (χ1n) is 6.20. The van der Waals surface area contributed by atoms with E-state index >= 15 is 0 Å². The molecule has 1 aromatic rings. The van der Waals surface area contributed by atoms with Crippen molar-refractivity contribution in [2.45, 2.75) is 33.4 Å². The highest BCUT2D eigenvalue weighted by atomic mass is 19.1. The van der Waals surface area contributed by atoms with E-state index in [1.54, 1.807) is 6.07 Å². The monoisotopic (exact) mass is 238 g/mol. The van der Waals surface area contributed by atoms with Crippen LogP contribution in [0.25, 0.3) is 0 Å². The maximum absolute atomic E-state index is 12.9. The van der Waals surface area contributed by atoms with Crippen LogP contribution >= 0.6 is 0 Å². The van der Waals surface area contributed by atoms with E-state index in [0.29, 0.717) is 6.04 Å². The van der Waals surface area contributed by atoms with Crippen LogP contribution in [0.1, 0.15) is 25.0 Å². The van der Waals surface area contributed by atoms with Crippen LogP contribution in [-0.2, 0) is 6.54 Å². The summed E-state index contributed by atoms with van der Waals surface area (Å²) in [6.07, 6.45) is 0. The molecule has 0 fully saturated rings. The van der Waals surface area contributed by atoms with Crippen LogP contribution in [0.5, 0.6) is 0 Å². The van der Waals surface area contributed by atoms with Crippen molar-refractivity contribution in [2.75, 3.05) is 20.1 Å². The second-order valence-corrected chi connectivity index (χ2v) is 4.71. The molecule has 1 N–H and O–H groups in total. The van der Waals surface area contributed by atoms with Gasteiger partial charge in [0.2, 0.25) is 0 Å². The molecule has 0 radical (unpaired) electrons. The number of likely N-dealkylation sites (N-methyl/N-ethyl adjacent to an activating group) is 1. The molecule has 0 aliphatic rings. The summed E-state index contributed by atoms with van der Waals surface area (Å²) in [6.45, 7) is 9.15. The zero-order chi connectivity index (χ0) is 12.8. The minimum Gasteiger partial charge on any atom is -0.309 e. The summed E-state index contributed by atoms with van der Waals surface area (Å²) >= 11 is 0. The summed E-state index contributed by atoms with van der Waals surface area (Å²) in [5, 5.41) is 3.46. The predicted molar refractivity (Wildman–Crippen MR) is 70.6 cm³/mol. The third-order valence-electron chi connectivity index (χ3n) is 3.07. The number of hydrogen-bond acceptors (Lipinski definition) is 2. The third kappa shape index (κ3) is 4.84. The Hall–Kier alpha value is -0.930. The molecular formula is C14H23FN2. The lowest BCUT2D eigenvalue weighted by molar-refractivity contribution is 0.309. The van der Waals surface area contributed by atoms with Gasteiger partial charge >= 0.3 is 0 Å². The minimum absolute atomic E-state index is 0.162. The molecule has 1 rings (SSSR count). The highest BCUT2D eigenvalue weighted by Crippen LogP contribution is 2.09. The van der Waals surface area contributed by atoms with Gasteiger partial charge in [-0.2, -0.15) is 0 Å². The predicted octanol–water partition coefficient (Wildman–Crippen LogP) is 2.56. The molecular weight excluding hydrogens is 215 g/mol. The Kier molecular flexibility index (Phi) is 5.59. The van der Waals surface area contributed by atoms with E-state index in [9.17, 15) is 4.39 Å². The molecule has 1 aromatic carbocycles. The number of nitrogens with zero attached hydrogens (tertiary/aromatic N) is 1. The van der Waals surface area contributed by atoms with Gasteiger partial charge in [0.25, 0.3) is 0 Å². The van der Waals surface area contributed by atoms with Gasteiger partial charge in [0.1, 0.15) is 5.82 Å². The second kappa shape index (κ2) is 6.72. The van der Waals surface area contributed by atoms with Crippen LogP contribution in [0.3, 0.4) is 0 Å². The Morgan fingerprint density at radius 3 is 2.71 bits per heavy atom. The Balaban J connectivity index is 2.44. The lowest BCUT2D eigenvalue weighted by Gasteiger charge is -2.21. The van der Waals surface area contributed by atoms with Gasteiger partial charge in [-0.25, -0.2) is 4.39 Å². The first kappa shape index (κ1) is 14.1. The van der Waals surface area contributed by atoms with Gasteiger partial charge in [0, 0.05) is 19.1 Å². The van der Waals surface area contributed by atoms with Gasteiger partial charge in [-0.15, -0.1) is 0 Å². The maximum atomic E-state index is 12.9. The number of benzene rings is 1. The minimum atomic E-state index is -0.162. The smallest absolute Gasteiger partial charge is 0.123 e. The normalized spacial score (nSPS) is 13.1. The van der Waals surface area contributed by atoms with Gasteiger partial charge < -0.3 is 10.2 Å². The largest absolute Gasteiger partial charge is 0.309 e. The summed E-state index contributed by atoms with van der Waals surface area (Å²) in [7, 11) is 2.11. The molecule has 17 heavy (non-hydrogen) atoms. The Labute approximate surface area is 104 Å².